The lowest BCUT2D eigenvalue weighted by Gasteiger charge is -1.95. The van der Waals surface area contributed by atoms with E-state index in [9.17, 15) is 4.79 Å². The molecule has 0 aliphatic heterocycles. The van der Waals surface area contributed by atoms with Crippen molar-refractivity contribution in [3.8, 4) is 5.75 Å². The molecule has 1 heterocycles. The van der Waals surface area contributed by atoms with Gasteiger partial charge in [-0.3, -0.25) is 4.79 Å². The maximum absolute atomic E-state index is 11.0. The molecular weight excluding hydrogens is 200 g/mol. The van der Waals surface area contributed by atoms with Gasteiger partial charge in [0.2, 0.25) is 11.2 Å². The maximum Gasteiger partial charge on any atom is 0.240 e. The van der Waals surface area contributed by atoms with Gasteiger partial charge in [0, 0.05) is 0 Å². The molecule has 0 fully saturated rings. The van der Waals surface area contributed by atoms with Crippen LogP contribution in [0.2, 0.25) is 0 Å². The molecule has 0 radical (unpaired) electrons. The van der Waals surface area contributed by atoms with Crippen LogP contribution >= 0.6 is 15.9 Å². The van der Waals surface area contributed by atoms with Crippen LogP contribution in [0.25, 0.3) is 0 Å². The van der Waals surface area contributed by atoms with Crippen molar-refractivity contribution in [1.82, 2.24) is 0 Å². The molecule has 1 rings (SSSR count). The van der Waals surface area contributed by atoms with Crippen molar-refractivity contribution in [3.05, 3.63) is 27.2 Å². The Balaban J connectivity index is 3.28. The van der Waals surface area contributed by atoms with E-state index in [2.05, 4.69) is 20.7 Å². The fourth-order valence-electron chi connectivity index (χ4n) is 0.521. The first kappa shape index (κ1) is 7.34. The van der Waals surface area contributed by atoms with Gasteiger partial charge < -0.3 is 9.15 Å². The van der Waals surface area contributed by atoms with E-state index in [1.807, 2.05) is 0 Å². The summed E-state index contributed by atoms with van der Waals surface area (Å²) in [4.78, 5) is 11.0. The topological polar surface area (TPSA) is 39.4 Å². The summed E-state index contributed by atoms with van der Waals surface area (Å²) in [5, 5.41) is 0. The molecule has 0 saturated carbocycles. The van der Waals surface area contributed by atoms with Crippen LogP contribution in [0.15, 0.2) is 26.2 Å². The Labute approximate surface area is 65.7 Å². The molecule has 0 aliphatic carbocycles. The van der Waals surface area contributed by atoms with Crippen LogP contribution in [0, 0.1) is 0 Å². The van der Waals surface area contributed by atoms with Crippen molar-refractivity contribution < 1.29 is 9.15 Å². The zero-order chi connectivity index (χ0) is 7.56. The van der Waals surface area contributed by atoms with Crippen LogP contribution < -0.4 is 10.2 Å². The average Bonchev–Trinajstić information content (AvgIpc) is 1.95. The van der Waals surface area contributed by atoms with Crippen LogP contribution in [0.1, 0.15) is 0 Å². The largest absolute Gasteiger partial charge is 0.490 e. The van der Waals surface area contributed by atoms with Gasteiger partial charge in [-0.2, -0.15) is 0 Å². The third-order valence-corrected chi connectivity index (χ3v) is 1.55. The van der Waals surface area contributed by atoms with Gasteiger partial charge in [-0.1, -0.05) is 0 Å². The van der Waals surface area contributed by atoms with Gasteiger partial charge in [-0.05, 0) is 15.9 Å². The number of methoxy groups -OCH3 is 1. The van der Waals surface area contributed by atoms with Crippen molar-refractivity contribution in [3.63, 3.8) is 0 Å². The molecule has 0 saturated heterocycles. The van der Waals surface area contributed by atoms with Gasteiger partial charge in [0.15, 0.2) is 0 Å². The quantitative estimate of drug-likeness (QED) is 0.695. The zero-order valence-corrected chi connectivity index (χ0v) is 6.84. The summed E-state index contributed by atoms with van der Waals surface area (Å²) in [6.45, 7) is 0. The normalized spacial score (nSPS) is 9.40. The molecule has 0 bridgehead atoms. The van der Waals surface area contributed by atoms with Gasteiger partial charge in [-0.25, -0.2) is 0 Å². The van der Waals surface area contributed by atoms with Crippen LogP contribution in [0.5, 0.6) is 5.75 Å². The van der Waals surface area contributed by atoms with Gasteiger partial charge in [0.25, 0.3) is 0 Å². The van der Waals surface area contributed by atoms with E-state index < -0.39 is 0 Å². The summed E-state index contributed by atoms with van der Waals surface area (Å²) in [7, 11) is 1.42. The van der Waals surface area contributed by atoms with Crippen molar-refractivity contribution >= 4 is 15.9 Å². The monoisotopic (exact) mass is 204 g/mol. The van der Waals surface area contributed by atoms with Crippen LogP contribution in [0.4, 0.5) is 0 Å². The molecule has 4 heteroatoms. The minimum Gasteiger partial charge on any atom is -0.490 e. The summed E-state index contributed by atoms with van der Waals surface area (Å²) in [6, 6.07) is 0. The predicted octanol–water partition coefficient (Wildman–Crippen LogP) is 1.41. The lowest BCUT2D eigenvalue weighted by Crippen LogP contribution is -2.04. The van der Waals surface area contributed by atoms with E-state index in [-0.39, 0.29) is 11.2 Å². The first-order valence-electron chi connectivity index (χ1n) is 2.55. The van der Waals surface area contributed by atoms with Crippen molar-refractivity contribution in [2.75, 3.05) is 7.11 Å². The van der Waals surface area contributed by atoms with E-state index >= 15 is 0 Å². The Morgan fingerprint density at radius 1 is 1.60 bits per heavy atom. The number of hydrogen-bond donors (Lipinski definition) is 0. The second kappa shape index (κ2) is 2.88. The lowest BCUT2D eigenvalue weighted by molar-refractivity contribution is 0.385. The van der Waals surface area contributed by atoms with Gasteiger partial charge in [-0.15, -0.1) is 0 Å². The molecule has 0 spiro atoms. The van der Waals surface area contributed by atoms with Crippen LogP contribution in [-0.4, -0.2) is 7.11 Å². The summed E-state index contributed by atoms with van der Waals surface area (Å²) >= 11 is 3.00. The Kier molecular flexibility index (Phi) is 2.11. The number of rotatable bonds is 1. The van der Waals surface area contributed by atoms with Crippen molar-refractivity contribution in [2.45, 2.75) is 0 Å². The minimum absolute atomic E-state index is 0.200. The second-order valence-electron chi connectivity index (χ2n) is 1.62. The number of ether oxygens (including phenoxy) is 1. The lowest BCUT2D eigenvalue weighted by atomic mass is 10.5. The second-order valence-corrected chi connectivity index (χ2v) is 2.47. The molecule has 0 aromatic carbocycles. The van der Waals surface area contributed by atoms with Gasteiger partial charge in [0.05, 0.1) is 7.11 Å². The summed E-state index contributed by atoms with van der Waals surface area (Å²) in [5.41, 5.74) is -0.200. The maximum atomic E-state index is 11.0. The molecular formula is C6H5BrO3. The predicted molar refractivity (Wildman–Crippen MR) is 39.2 cm³/mol. The van der Waals surface area contributed by atoms with Crippen molar-refractivity contribution in [2.24, 2.45) is 0 Å². The Morgan fingerprint density at radius 3 is 2.80 bits per heavy atom. The molecule has 0 N–H and O–H groups in total. The van der Waals surface area contributed by atoms with E-state index in [1.165, 1.54) is 19.6 Å². The van der Waals surface area contributed by atoms with E-state index in [0.29, 0.717) is 4.47 Å². The molecule has 3 nitrogen and oxygen atoms in total. The highest BCUT2D eigenvalue weighted by Gasteiger charge is 2.01. The SMILES string of the molecule is COc1cocc(Br)c1=O. The first-order chi connectivity index (χ1) is 4.75. The molecule has 54 valence electrons. The first-order valence-corrected chi connectivity index (χ1v) is 3.35. The smallest absolute Gasteiger partial charge is 0.240 e. The highest BCUT2D eigenvalue weighted by Crippen LogP contribution is 2.08. The third kappa shape index (κ3) is 1.21. The van der Waals surface area contributed by atoms with E-state index in [0.717, 1.165) is 0 Å². The molecule has 0 aliphatic rings. The zero-order valence-electron chi connectivity index (χ0n) is 5.26. The molecule has 0 amide bonds. The standard InChI is InChI=1S/C6H5BrO3/c1-9-5-3-10-2-4(7)6(5)8/h2-3H,1H3. The minimum atomic E-state index is -0.200. The van der Waals surface area contributed by atoms with E-state index in [1.54, 1.807) is 0 Å². The molecule has 0 atom stereocenters. The van der Waals surface area contributed by atoms with Crippen LogP contribution in [-0.2, 0) is 0 Å². The van der Waals surface area contributed by atoms with Crippen molar-refractivity contribution in [1.29, 1.82) is 0 Å². The molecule has 1 aromatic rings. The Hall–Kier alpha value is -0.770. The molecule has 0 unspecified atom stereocenters. The fourth-order valence-corrected chi connectivity index (χ4v) is 0.824. The van der Waals surface area contributed by atoms with Crippen LogP contribution in [0.3, 0.4) is 0 Å². The number of halogens is 1. The van der Waals surface area contributed by atoms with E-state index in [4.69, 9.17) is 4.42 Å². The Morgan fingerprint density at radius 2 is 2.30 bits per heavy atom. The summed E-state index contributed by atoms with van der Waals surface area (Å²) in [5.74, 6) is 0.203. The fraction of sp³-hybridized carbons (Fsp3) is 0.167. The summed E-state index contributed by atoms with van der Waals surface area (Å²) < 4.78 is 9.80. The highest BCUT2D eigenvalue weighted by atomic mass is 79.9. The van der Waals surface area contributed by atoms with Gasteiger partial charge in [0.1, 0.15) is 17.0 Å². The third-order valence-electron chi connectivity index (χ3n) is 1.01. The Bertz CT molecular complexity index is 279. The molecule has 1 aromatic heterocycles. The van der Waals surface area contributed by atoms with Gasteiger partial charge >= 0.3 is 0 Å². The summed E-state index contributed by atoms with van der Waals surface area (Å²) in [6.07, 6.45) is 2.57. The number of hydrogen-bond acceptors (Lipinski definition) is 3. The molecule has 10 heavy (non-hydrogen) atoms. The highest BCUT2D eigenvalue weighted by molar-refractivity contribution is 9.10. The average molecular weight is 205 g/mol.